The number of hydrogen-bond acceptors (Lipinski definition) is 3. The molecule has 0 aliphatic rings. The normalized spacial score (nSPS) is 12.2. The number of benzene rings is 2. The van der Waals surface area contributed by atoms with E-state index in [1.54, 1.807) is 0 Å². The zero-order valence-electron chi connectivity index (χ0n) is 12.6. The van der Waals surface area contributed by atoms with Crippen LogP contribution >= 0.6 is 12.4 Å². The quantitative estimate of drug-likeness (QED) is 0.825. The van der Waals surface area contributed by atoms with Crippen molar-refractivity contribution in [1.29, 1.82) is 0 Å². The summed E-state index contributed by atoms with van der Waals surface area (Å²) in [5.41, 5.74) is 0. The van der Waals surface area contributed by atoms with Crippen LogP contribution in [-0.4, -0.2) is 30.9 Å². The number of aliphatic hydroxyl groups excluding tert-OH is 1. The Morgan fingerprint density at radius 3 is 2.52 bits per heavy atom. The molecule has 21 heavy (non-hydrogen) atoms. The smallest absolute Gasteiger partial charge is 0.127 e. The van der Waals surface area contributed by atoms with E-state index in [9.17, 15) is 5.11 Å². The highest BCUT2D eigenvalue weighted by Gasteiger charge is 2.07. The van der Waals surface area contributed by atoms with Gasteiger partial charge in [0.15, 0.2) is 0 Å². The Morgan fingerprint density at radius 1 is 1.05 bits per heavy atom. The second-order valence-electron chi connectivity index (χ2n) is 5.49. The fourth-order valence-corrected chi connectivity index (χ4v) is 2.11. The van der Waals surface area contributed by atoms with E-state index < -0.39 is 6.10 Å². The summed E-state index contributed by atoms with van der Waals surface area (Å²) in [4.78, 5) is 0. The summed E-state index contributed by atoms with van der Waals surface area (Å²) >= 11 is 0. The number of ether oxygens (including phenoxy) is 1. The number of halogens is 1. The van der Waals surface area contributed by atoms with Gasteiger partial charge in [-0.3, -0.25) is 0 Å². The summed E-state index contributed by atoms with van der Waals surface area (Å²) in [7, 11) is 0. The van der Waals surface area contributed by atoms with Gasteiger partial charge in [-0.25, -0.2) is 0 Å². The molecule has 0 aliphatic carbocycles. The first-order chi connectivity index (χ1) is 9.66. The summed E-state index contributed by atoms with van der Waals surface area (Å²) in [5.74, 6) is 1.41. The summed E-state index contributed by atoms with van der Waals surface area (Å²) < 4.78 is 5.75. The van der Waals surface area contributed by atoms with Crippen LogP contribution in [0.25, 0.3) is 10.8 Å². The summed E-state index contributed by atoms with van der Waals surface area (Å²) in [5, 5.41) is 15.4. The average Bonchev–Trinajstić information content (AvgIpc) is 2.44. The van der Waals surface area contributed by atoms with Gasteiger partial charge in [0, 0.05) is 11.9 Å². The molecule has 0 saturated heterocycles. The number of hydrogen-bond donors (Lipinski definition) is 2. The van der Waals surface area contributed by atoms with Crippen LogP contribution in [0.4, 0.5) is 0 Å². The lowest BCUT2D eigenvalue weighted by atomic mass is 10.1. The third kappa shape index (κ3) is 5.54. The highest BCUT2D eigenvalue weighted by Crippen LogP contribution is 2.25. The third-order valence-corrected chi connectivity index (χ3v) is 3.11. The van der Waals surface area contributed by atoms with Gasteiger partial charge in [0.05, 0.1) is 0 Å². The predicted molar refractivity (Wildman–Crippen MR) is 90.4 cm³/mol. The van der Waals surface area contributed by atoms with Gasteiger partial charge in [0.1, 0.15) is 18.5 Å². The van der Waals surface area contributed by atoms with Crippen molar-refractivity contribution < 1.29 is 9.84 Å². The number of aliphatic hydroxyl groups is 1. The van der Waals surface area contributed by atoms with Crippen LogP contribution in [0.1, 0.15) is 13.8 Å². The lowest BCUT2D eigenvalue weighted by Crippen LogP contribution is -2.33. The molecule has 0 aromatic heterocycles. The van der Waals surface area contributed by atoms with Gasteiger partial charge in [-0.1, -0.05) is 50.2 Å². The summed E-state index contributed by atoms with van der Waals surface area (Å²) in [6.07, 6.45) is -0.493. The molecule has 2 aromatic carbocycles. The van der Waals surface area contributed by atoms with Crippen LogP contribution in [0.5, 0.6) is 5.75 Å². The van der Waals surface area contributed by atoms with Crippen molar-refractivity contribution in [2.24, 2.45) is 5.92 Å². The van der Waals surface area contributed by atoms with Crippen molar-refractivity contribution in [3.63, 3.8) is 0 Å². The van der Waals surface area contributed by atoms with E-state index >= 15 is 0 Å². The van der Waals surface area contributed by atoms with Gasteiger partial charge in [-0.05, 0) is 23.9 Å². The summed E-state index contributed by atoms with van der Waals surface area (Å²) in [6.45, 7) is 6.06. The topological polar surface area (TPSA) is 41.5 Å². The molecule has 0 amide bonds. The molecule has 1 atom stereocenters. The highest BCUT2D eigenvalue weighted by molar-refractivity contribution is 5.88. The molecule has 4 heteroatoms. The Hall–Kier alpha value is -1.29. The van der Waals surface area contributed by atoms with Crippen molar-refractivity contribution in [2.75, 3.05) is 19.7 Å². The molecule has 2 rings (SSSR count). The number of nitrogens with one attached hydrogen (secondary N) is 1. The lowest BCUT2D eigenvalue weighted by Gasteiger charge is -2.15. The first-order valence-electron chi connectivity index (χ1n) is 7.16. The average molecular weight is 310 g/mol. The molecule has 0 spiro atoms. The molecule has 0 heterocycles. The maximum atomic E-state index is 9.91. The van der Waals surface area contributed by atoms with Crippen LogP contribution in [0.2, 0.25) is 0 Å². The summed E-state index contributed by atoms with van der Waals surface area (Å²) in [6, 6.07) is 14.1. The van der Waals surface area contributed by atoms with Crippen LogP contribution in [0.3, 0.4) is 0 Å². The van der Waals surface area contributed by atoms with Crippen molar-refractivity contribution in [3.8, 4) is 5.75 Å². The zero-order valence-corrected chi connectivity index (χ0v) is 13.4. The molecular weight excluding hydrogens is 286 g/mol. The molecule has 0 saturated carbocycles. The van der Waals surface area contributed by atoms with Crippen LogP contribution in [-0.2, 0) is 0 Å². The minimum Gasteiger partial charge on any atom is -0.490 e. The molecule has 0 fully saturated rings. The second-order valence-corrected chi connectivity index (χ2v) is 5.49. The Kier molecular flexibility index (Phi) is 7.51. The van der Waals surface area contributed by atoms with Gasteiger partial charge in [-0.2, -0.15) is 0 Å². The third-order valence-electron chi connectivity index (χ3n) is 3.11. The van der Waals surface area contributed by atoms with E-state index in [1.807, 2.05) is 30.3 Å². The fourth-order valence-electron chi connectivity index (χ4n) is 2.11. The van der Waals surface area contributed by atoms with Crippen molar-refractivity contribution in [1.82, 2.24) is 5.32 Å². The zero-order chi connectivity index (χ0) is 14.4. The van der Waals surface area contributed by atoms with Gasteiger partial charge in [0.2, 0.25) is 0 Å². The van der Waals surface area contributed by atoms with E-state index in [1.165, 1.54) is 0 Å². The van der Waals surface area contributed by atoms with E-state index in [2.05, 4.69) is 31.3 Å². The minimum absolute atomic E-state index is 0. The SMILES string of the molecule is CC(C)CNCC(O)COc1cccc2ccccc12.Cl. The number of rotatable bonds is 7. The molecule has 3 nitrogen and oxygen atoms in total. The molecular formula is C17H24ClNO2. The predicted octanol–water partition coefficient (Wildman–Crippen LogP) is 3.25. The van der Waals surface area contributed by atoms with Gasteiger partial charge in [-0.15, -0.1) is 12.4 Å². The van der Waals surface area contributed by atoms with Crippen molar-refractivity contribution in [3.05, 3.63) is 42.5 Å². The lowest BCUT2D eigenvalue weighted by molar-refractivity contribution is 0.106. The Balaban J connectivity index is 0.00000220. The second kappa shape index (κ2) is 8.88. The largest absolute Gasteiger partial charge is 0.490 e. The number of fused-ring (bicyclic) bond motifs is 1. The van der Waals surface area contributed by atoms with E-state index in [0.717, 1.165) is 23.1 Å². The molecule has 0 radical (unpaired) electrons. The standard InChI is InChI=1S/C17H23NO2.ClH/c1-13(2)10-18-11-15(19)12-20-17-9-5-7-14-6-3-4-8-16(14)17;/h3-9,13,15,18-19H,10-12H2,1-2H3;1H. The molecule has 116 valence electrons. The first kappa shape index (κ1) is 17.8. The van der Waals surface area contributed by atoms with E-state index in [4.69, 9.17) is 4.74 Å². The van der Waals surface area contributed by atoms with Gasteiger partial charge < -0.3 is 15.2 Å². The van der Waals surface area contributed by atoms with Crippen LogP contribution in [0.15, 0.2) is 42.5 Å². The fraction of sp³-hybridized carbons (Fsp3) is 0.412. The monoisotopic (exact) mass is 309 g/mol. The van der Waals surface area contributed by atoms with E-state index in [-0.39, 0.29) is 12.4 Å². The maximum absolute atomic E-state index is 9.91. The van der Waals surface area contributed by atoms with Crippen LogP contribution < -0.4 is 10.1 Å². The molecule has 2 N–H and O–H groups in total. The van der Waals surface area contributed by atoms with Crippen LogP contribution in [0, 0.1) is 5.92 Å². The van der Waals surface area contributed by atoms with Crippen molar-refractivity contribution >= 4 is 23.2 Å². The molecule has 1 unspecified atom stereocenters. The molecule has 0 bridgehead atoms. The highest BCUT2D eigenvalue weighted by atomic mass is 35.5. The minimum atomic E-state index is -0.493. The Labute approximate surface area is 132 Å². The first-order valence-corrected chi connectivity index (χ1v) is 7.16. The van der Waals surface area contributed by atoms with Crippen molar-refractivity contribution in [2.45, 2.75) is 20.0 Å². The van der Waals surface area contributed by atoms with Gasteiger partial charge >= 0.3 is 0 Å². The Bertz CT molecular complexity index is 540. The Morgan fingerprint density at radius 2 is 1.76 bits per heavy atom. The van der Waals surface area contributed by atoms with E-state index in [0.29, 0.717) is 19.1 Å². The molecule has 2 aromatic rings. The molecule has 0 aliphatic heterocycles. The maximum Gasteiger partial charge on any atom is 0.127 e. The van der Waals surface area contributed by atoms with Gasteiger partial charge in [0.25, 0.3) is 0 Å².